The maximum atomic E-state index is 12.1. The number of halogens is 2. The van der Waals surface area contributed by atoms with Crippen molar-refractivity contribution in [2.75, 3.05) is 0 Å². The molecule has 0 radical (unpaired) electrons. The second kappa shape index (κ2) is 4.35. The Morgan fingerprint density at radius 3 is 2.62 bits per heavy atom. The van der Waals surface area contributed by atoms with Gasteiger partial charge in [0.1, 0.15) is 0 Å². The lowest BCUT2D eigenvalue weighted by Crippen LogP contribution is -2.02. The second-order valence-electron chi connectivity index (χ2n) is 3.57. The van der Waals surface area contributed by atoms with E-state index < -0.39 is 6.43 Å². The smallest absolute Gasteiger partial charge is 0.242 e. The second-order valence-corrected chi connectivity index (χ2v) is 3.57. The van der Waals surface area contributed by atoms with Gasteiger partial charge in [-0.15, -0.1) is 0 Å². The molecule has 2 nitrogen and oxygen atoms in total. The number of aromatic nitrogens is 2. The number of nitrogens with zero attached hydrogens (tertiary/aromatic N) is 1. The molecule has 1 rings (SSSR count). The summed E-state index contributed by atoms with van der Waals surface area (Å²) in [6.07, 6.45) is -0.215. The Bertz CT molecular complexity index is 231. The highest BCUT2D eigenvalue weighted by Crippen LogP contribution is 2.14. The van der Waals surface area contributed by atoms with Crippen molar-refractivity contribution in [1.29, 1.82) is 0 Å². The SMILES string of the molecule is CC(C)Cc1[nH]ncc1CC(F)F. The first-order valence-corrected chi connectivity index (χ1v) is 4.39. The Labute approximate surface area is 76.3 Å². The van der Waals surface area contributed by atoms with Gasteiger partial charge in [0.05, 0.1) is 6.20 Å². The molecule has 0 atom stereocenters. The molecule has 1 aromatic rings. The predicted molar refractivity (Wildman–Crippen MR) is 46.8 cm³/mol. The van der Waals surface area contributed by atoms with E-state index in [0.717, 1.165) is 12.1 Å². The summed E-state index contributed by atoms with van der Waals surface area (Å²) in [6.45, 7) is 4.10. The molecule has 0 fully saturated rings. The van der Waals surface area contributed by atoms with Crippen molar-refractivity contribution in [2.45, 2.75) is 33.1 Å². The summed E-state index contributed by atoms with van der Waals surface area (Å²) in [7, 11) is 0. The van der Waals surface area contributed by atoms with E-state index in [0.29, 0.717) is 11.5 Å². The lowest BCUT2D eigenvalue weighted by atomic mass is 10.0. The molecular weight excluding hydrogens is 174 g/mol. The van der Waals surface area contributed by atoms with E-state index in [9.17, 15) is 8.78 Å². The van der Waals surface area contributed by atoms with Crippen LogP contribution in [0, 0.1) is 5.92 Å². The molecule has 1 aromatic heterocycles. The van der Waals surface area contributed by atoms with Gasteiger partial charge in [0.2, 0.25) is 6.43 Å². The summed E-state index contributed by atoms with van der Waals surface area (Å²) in [5.74, 6) is 0.455. The molecule has 0 bridgehead atoms. The van der Waals surface area contributed by atoms with E-state index in [2.05, 4.69) is 10.2 Å². The number of H-pyrrole nitrogens is 1. The van der Waals surface area contributed by atoms with Crippen LogP contribution in [0.4, 0.5) is 8.78 Å². The van der Waals surface area contributed by atoms with E-state index in [-0.39, 0.29) is 6.42 Å². The zero-order valence-electron chi connectivity index (χ0n) is 7.85. The van der Waals surface area contributed by atoms with Crippen LogP contribution in [0.3, 0.4) is 0 Å². The Balaban J connectivity index is 2.65. The van der Waals surface area contributed by atoms with Gasteiger partial charge in [-0.05, 0) is 17.9 Å². The van der Waals surface area contributed by atoms with Crippen LogP contribution < -0.4 is 0 Å². The van der Waals surface area contributed by atoms with Gasteiger partial charge < -0.3 is 0 Å². The molecule has 13 heavy (non-hydrogen) atoms. The molecule has 1 heterocycles. The maximum absolute atomic E-state index is 12.1. The first-order chi connectivity index (χ1) is 6.09. The average Bonchev–Trinajstić information content (AvgIpc) is 2.34. The molecule has 0 amide bonds. The number of nitrogens with one attached hydrogen (secondary N) is 1. The fourth-order valence-electron chi connectivity index (χ4n) is 1.26. The van der Waals surface area contributed by atoms with Crippen LogP contribution in [0.1, 0.15) is 25.1 Å². The molecule has 4 heteroatoms. The van der Waals surface area contributed by atoms with E-state index in [1.807, 2.05) is 13.8 Å². The molecule has 0 spiro atoms. The van der Waals surface area contributed by atoms with Crippen molar-refractivity contribution in [3.8, 4) is 0 Å². The lowest BCUT2D eigenvalue weighted by molar-refractivity contribution is 0.148. The third-order valence-electron chi connectivity index (χ3n) is 1.79. The quantitative estimate of drug-likeness (QED) is 0.772. The van der Waals surface area contributed by atoms with Crippen LogP contribution in [-0.4, -0.2) is 16.6 Å². The predicted octanol–water partition coefficient (Wildman–Crippen LogP) is 2.42. The van der Waals surface area contributed by atoms with Crippen LogP contribution in [-0.2, 0) is 12.8 Å². The van der Waals surface area contributed by atoms with Gasteiger partial charge in [-0.2, -0.15) is 5.10 Å². The summed E-state index contributed by atoms with van der Waals surface area (Å²) in [4.78, 5) is 0. The first-order valence-electron chi connectivity index (χ1n) is 4.39. The van der Waals surface area contributed by atoms with Crippen molar-refractivity contribution >= 4 is 0 Å². The molecule has 0 aliphatic carbocycles. The third kappa shape index (κ3) is 3.13. The van der Waals surface area contributed by atoms with Gasteiger partial charge in [-0.1, -0.05) is 13.8 Å². The molecule has 0 aliphatic heterocycles. The monoisotopic (exact) mass is 188 g/mol. The Kier molecular flexibility index (Phi) is 3.39. The molecule has 1 N–H and O–H groups in total. The zero-order chi connectivity index (χ0) is 9.84. The minimum atomic E-state index is -2.29. The summed E-state index contributed by atoms with van der Waals surface area (Å²) >= 11 is 0. The van der Waals surface area contributed by atoms with Gasteiger partial charge in [-0.3, -0.25) is 5.10 Å². The standard InChI is InChI=1S/C9H14F2N2/c1-6(2)3-8-7(4-9(10)11)5-12-13-8/h5-6,9H,3-4H2,1-2H3,(H,12,13). The molecule has 0 saturated heterocycles. The molecule has 0 aromatic carbocycles. The van der Waals surface area contributed by atoms with E-state index in [4.69, 9.17) is 0 Å². The van der Waals surface area contributed by atoms with Crippen molar-refractivity contribution < 1.29 is 8.78 Å². The third-order valence-corrected chi connectivity index (χ3v) is 1.79. The Morgan fingerprint density at radius 2 is 2.08 bits per heavy atom. The first kappa shape index (κ1) is 10.2. The fraction of sp³-hybridized carbons (Fsp3) is 0.667. The molecule has 0 aliphatic rings. The van der Waals surface area contributed by atoms with Crippen molar-refractivity contribution in [3.63, 3.8) is 0 Å². The topological polar surface area (TPSA) is 28.7 Å². The number of rotatable bonds is 4. The minimum absolute atomic E-state index is 0.196. The molecular formula is C9H14F2N2. The highest BCUT2D eigenvalue weighted by Gasteiger charge is 2.11. The van der Waals surface area contributed by atoms with Crippen molar-refractivity contribution in [1.82, 2.24) is 10.2 Å². The largest absolute Gasteiger partial charge is 0.282 e. The maximum Gasteiger partial charge on any atom is 0.242 e. The minimum Gasteiger partial charge on any atom is -0.282 e. The van der Waals surface area contributed by atoms with Crippen molar-refractivity contribution in [3.05, 3.63) is 17.5 Å². The molecule has 0 saturated carbocycles. The Hall–Kier alpha value is -0.930. The highest BCUT2D eigenvalue weighted by molar-refractivity contribution is 5.17. The van der Waals surface area contributed by atoms with E-state index in [1.54, 1.807) is 0 Å². The normalized spacial score (nSPS) is 11.5. The molecule has 74 valence electrons. The summed E-state index contributed by atoms with van der Waals surface area (Å²) in [5.41, 5.74) is 1.49. The highest BCUT2D eigenvalue weighted by atomic mass is 19.3. The molecule has 0 unspecified atom stereocenters. The number of aromatic amines is 1. The van der Waals surface area contributed by atoms with Gasteiger partial charge >= 0.3 is 0 Å². The van der Waals surface area contributed by atoms with Crippen LogP contribution >= 0.6 is 0 Å². The number of alkyl halides is 2. The fourth-order valence-corrected chi connectivity index (χ4v) is 1.26. The van der Waals surface area contributed by atoms with Crippen LogP contribution in [0.2, 0.25) is 0 Å². The van der Waals surface area contributed by atoms with Crippen LogP contribution in [0.25, 0.3) is 0 Å². The van der Waals surface area contributed by atoms with E-state index >= 15 is 0 Å². The van der Waals surface area contributed by atoms with Gasteiger partial charge in [0, 0.05) is 12.1 Å². The Morgan fingerprint density at radius 1 is 1.38 bits per heavy atom. The van der Waals surface area contributed by atoms with Crippen LogP contribution in [0.15, 0.2) is 6.20 Å². The summed E-state index contributed by atoms with van der Waals surface area (Å²) in [6, 6.07) is 0. The summed E-state index contributed by atoms with van der Waals surface area (Å²) < 4.78 is 24.1. The van der Waals surface area contributed by atoms with Crippen LogP contribution in [0.5, 0.6) is 0 Å². The van der Waals surface area contributed by atoms with E-state index in [1.165, 1.54) is 6.20 Å². The number of hydrogen-bond acceptors (Lipinski definition) is 1. The van der Waals surface area contributed by atoms with Crippen molar-refractivity contribution in [2.24, 2.45) is 5.92 Å². The van der Waals surface area contributed by atoms with Gasteiger partial charge in [0.25, 0.3) is 0 Å². The number of hydrogen-bond donors (Lipinski definition) is 1. The van der Waals surface area contributed by atoms with Gasteiger partial charge in [0.15, 0.2) is 0 Å². The lowest BCUT2D eigenvalue weighted by Gasteiger charge is -2.04. The summed E-state index contributed by atoms with van der Waals surface area (Å²) in [5, 5.41) is 6.53. The zero-order valence-corrected chi connectivity index (χ0v) is 7.85. The van der Waals surface area contributed by atoms with Gasteiger partial charge in [-0.25, -0.2) is 8.78 Å². The average molecular weight is 188 g/mol.